The molecule has 0 aliphatic rings. The van der Waals surface area contributed by atoms with E-state index in [1.54, 1.807) is 0 Å². The molecule has 0 amide bonds. The number of hydrogen-bond donors (Lipinski definition) is 0. The first kappa shape index (κ1) is 37.1. The van der Waals surface area contributed by atoms with Gasteiger partial charge in [-0.1, -0.05) is 200 Å². The largest absolute Gasteiger partial charge is 0.0622 e. The van der Waals surface area contributed by atoms with Crippen LogP contribution in [0.4, 0.5) is 0 Å². The van der Waals surface area contributed by atoms with Crippen molar-refractivity contribution in [2.45, 2.75) is 13.8 Å². The van der Waals surface area contributed by atoms with Crippen molar-refractivity contribution in [3.05, 3.63) is 230 Å². The lowest BCUT2D eigenvalue weighted by atomic mass is 9.81. The van der Waals surface area contributed by atoms with Crippen LogP contribution in [-0.4, -0.2) is 0 Å². The van der Waals surface area contributed by atoms with Gasteiger partial charge in [0, 0.05) is 0 Å². The first-order chi connectivity index (χ1) is 32.6. The van der Waals surface area contributed by atoms with Gasteiger partial charge in [0.15, 0.2) is 0 Å². The molecule has 0 heterocycles. The van der Waals surface area contributed by atoms with Gasteiger partial charge < -0.3 is 0 Å². The van der Waals surface area contributed by atoms with Crippen LogP contribution in [0.3, 0.4) is 0 Å². The lowest BCUT2D eigenvalue weighted by molar-refractivity contribution is 1.38. The normalized spacial score (nSPS) is 12.1. The van der Waals surface area contributed by atoms with E-state index >= 15 is 0 Å². The van der Waals surface area contributed by atoms with Crippen molar-refractivity contribution in [1.29, 1.82) is 0 Å². The molecule has 0 aliphatic heterocycles. The molecule has 14 rings (SSSR count). The van der Waals surface area contributed by atoms with Gasteiger partial charge >= 0.3 is 0 Å². The van der Waals surface area contributed by atoms with E-state index in [-0.39, 0.29) is 0 Å². The molecule has 0 heteroatoms. The van der Waals surface area contributed by atoms with Crippen LogP contribution < -0.4 is 0 Å². The quantitative estimate of drug-likeness (QED) is 0.152. The fourth-order valence-electron chi connectivity index (χ4n) is 12.1. The van der Waals surface area contributed by atoms with E-state index in [9.17, 15) is 0 Å². The summed E-state index contributed by atoms with van der Waals surface area (Å²) in [5, 5.41) is 20.8. The van der Waals surface area contributed by atoms with Crippen LogP contribution in [0.2, 0.25) is 0 Å². The van der Waals surface area contributed by atoms with Crippen molar-refractivity contribution in [3.8, 4) is 55.6 Å². The summed E-state index contributed by atoms with van der Waals surface area (Å²) in [6.07, 6.45) is 0. The maximum Gasteiger partial charge on any atom is -0.000674 e. The zero-order valence-corrected chi connectivity index (χ0v) is 36.8. The second-order valence-corrected chi connectivity index (χ2v) is 18.3. The number of fused-ring (bicyclic) bond motifs is 10. The summed E-state index contributed by atoms with van der Waals surface area (Å²) in [5.41, 5.74) is 15.2. The summed E-state index contributed by atoms with van der Waals surface area (Å²) in [6, 6.07) is 82.2. The number of rotatable bonds is 5. The lowest BCUT2D eigenvalue weighted by Gasteiger charge is -2.22. The fraction of sp³-hybridized carbons (Fsp3) is 0.0303. The van der Waals surface area contributed by atoms with E-state index in [1.807, 2.05) is 0 Å². The van der Waals surface area contributed by atoms with Crippen LogP contribution in [-0.2, 0) is 0 Å². The second-order valence-electron chi connectivity index (χ2n) is 18.3. The minimum atomic E-state index is 1.21. The molecule has 0 radical (unpaired) electrons. The Bertz CT molecular complexity index is 4250. The predicted octanol–water partition coefficient (Wildman–Crippen LogP) is 18.7. The molecule has 14 aromatic rings. The van der Waals surface area contributed by atoms with Crippen LogP contribution >= 0.6 is 0 Å². The first-order valence-electron chi connectivity index (χ1n) is 23.2. The van der Waals surface area contributed by atoms with E-state index in [0.717, 1.165) is 0 Å². The molecule has 66 heavy (non-hydrogen) atoms. The third kappa shape index (κ3) is 5.16. The molecule has 0 aromatic heterocycles. The van der Waals surface area contributed by atoms with Gasteiger partial charge in [0.05, 0.1) is 0 Å². The zero-order chi connectivity index (χ0) is 43.6. The molecule has 0 aliphatic carbocycles. The standard InChI is InChI=1S/C66H42/c1-39-18-15-19-40(2)59(39)44-34-35-48-55(37-44)52-31-17-32-53-60(52)56(48)38-58-62(50-28-13-11-25-45(50)41-20-5-3-6-21-41)65-54-33-16-30-49-47-27-10-9-24-43(47)36-57(61(49)54)66(65)64(63(53)58)51-29-14-12-26-46(51)42-22-7-4-8-23-42/h3-38H,1-2H3. The summed E-state index contributed by atoms with van der Waals surface area (Å²) in [6.45, 7) is 4.48. The minimum Gasteiger partial charge on any atom is -0.0622 e. The van der Waals surface area contributed by atoms with E-state index in [4.69, 9.17) is 0 Å². The second kappa shape index (κ2) is 14.1. The van der Waals surface area contributed by atoms with Gasteiger partial charge in [0.25, 0.3) is 0 Å². The predicted molar refractivity (Wildman–Crippen MR) is 286 cm³/mol. The number of benzene rings is 12. The Kier molecular flexibility index (Phi) is 7.92. The van der Waals surface area contributed by atoms with Crippen molar-refractivity contribution < 1.29 is 0 Å². The Hall–Kier alpha value is -8.32. The average Bonchev–Trinajstić information content (AvgIpc) is 3.87. The highest BCUT2D eigenvalue weighted by Gasteiger charge is 2.29. The SMILES string of the molecule is Cc1cccc(C)c1-c1ccc2c(c1)c1cccc3c4c(-c5ccccc5-c5ccccc5)c5c6cc7ccccc7c7cccc(c5c(-c5ccccc5-c5ccccc5)c4cc2c13)c76. The van der Waals surface area contributed by atoms with Crippen molar-refractivity contribution in [1.82, 2.24) is 0 Å². The smallest absolute Gasteiger partial charge is 0.000674 e. The molecule has 14 aromatic carbocycles. The molecule has 0 bridgehead atoms. The van der Waals surface area contributed by atoms with E-state index in [0.29, 0.717) is 0 Å². The average molecular weight is 835 g/mol. The first-order valence-corrected chi connectivity index (χ1v) is 23.2. The van der Waals surface area contributed by atoms with Gasteiger partial charge in [-0.15, -0.1) is 0 Å². The Morgan fingerprint density at radius 3 is 1.39 bits per heavy atom. The Balaban J connectivity index is 1.27. The minimum absolute atomic E-state index is 1.21. The van der Waals surface area contributed by atoms with E-state index < -0.39 is 0 Å². The summed E-state index contributed by atoms with van der Waals surface area (Å²) >= 11 is 0. The third-order valence-corrected chi connectivity index (χ3v) is 14.8. The number of hydrogen-bond acceptors (Lipinski definition) is 0. The maximum absolute atomic E-state index is 2.58. The molecule has 0 unspecified atom stereocenters. The van der Waals surface area contributed by atoms with Crippen molar-refractivity contribution in [3.63, 3.8) is 0 Å². The van der Waals surface area contributed by atoms with Gasteiger partial charge in [0.2, 0.25) is 0 Å². The number of aryl methyl sites for hydroxylation is 2. The fourth-order valence-corrected chi connectivity index (χ4v) is 12.1. The molecule has 306 valence electrons. The van der Waals surface area contributed by atoms with Gasteiger partial charge in [-0.25, -0.2) is 0 Å². The van der Waals surface area contributed by atoms with Gasteiger partial charge in [-0.2, -0.15) is 0 Å². The molecule has 0 saturated heterocycles. The molecule has 0 nitrogen and oxygen atoms in total. The monoisotopic (exact) mass is 834 g/mol. The lowest BCUT2D eigenvalue weighted by Crippen LogP contribution is -1.94. The summed E-state index contributed by atoms with van der Waals surface area (Å²) < 4.78 is 0. The van der Waals surface area contributed by atoms with Gasteiger partial charge in [0.1, 0.15) is 0 Å². The van der Waals surface area contributed by atoms with Crippen molar-refractivity contribution >= 4 is 86.2 Å². The maximum atomic E-state index is 2.58. The van der Waals surface area contributed by atoms with Crippen LogP contribution in [0.25, 0.3) is 142 Å². The molecule has 0 fully saturated rings. The van der Waals surface area contributed by atoms with Crippen molar-refractivity contribution in [2.75, 3.05) is 0 Å². The van der Waals surface area contributed by atoms with E-state index in [1.165, 1.54) is 153 Å². The third-order valence-electron chi connectivity index (χ3n) is 14.8. The molecule has 0 N–H and O–H groups in total. The molecular formula is C66H42. The Morgan fingerprint density at radius 1 is 0.212 bits per heavy atom. The zero-order valence-electron chi connectivity index (χ0n) is 36.8. The highest BCUT2D eigenvalue weighted by Crippen LogP contribution is 2.57. The molecule has 0 saturated carbocycles. The molecule has 0 spiro atoms. The summed E-state index contributed by atoms with van der Waals surface area (Å²) in [5.74, 6) is 0. The molecular weight excluding hydrogens is 793 g/mol. The van der Waals surface area contributed by atoms with Gasteiger partial charge in [-0.3, -0.25) is 0 Å². The van der Waals surface area contributed by atoms with E-state index in [2.05, 4.69) is 232 Å². The Labute approximate surface area is 383 Å². The van der Waals surface area contributed by atoms with Gasteiger partial charge in [-0.05, 0) is 185 Å². The summed E-state index contributed by atoms with van der Waals surface area (Å²) in [4.78, 5) is 0. The van der Waals surface area contributed by atoms with Crippen LogP contribution in [0, 0.1) is 13.8 Å². The highest BCUT2D eigenvalue weighted by molar-refractivity contribution is 6.46. The van der Waals surface area contributed by atoms with Crippen molar-refractivity contribution in [2.24, 2.45) is 0 Å². The summed E-state index contributed by atoms with van der Waals surface area (Å²) in [7, 11) is 0. The van der Waals surface area contributed by atoms with Crippen LogP contribution in [0.15, 0.2) is 218 Å². The van der Waals surface area contributed by atoms with Crippen LogP contribution in [0.5, 0.6) is 0 Å². The highest BCUT2D eigenvalue weighted by atomic mass is 14.3. The topological polar surface area (TPSA) is 0 Å². The van der Waals surface area contributed by atoms with Crippen LogP contribution in [0.1, 0.15) is 11.1 Å². The molecule has 0 atom stereocenters. The Morgan fingerprint density at radius 2 is 0.712 bits per heavy atom.